The van der Waals surface area contributed by atoms with Crippen molar-refractivity contribution in [1.82, 2.24) is 15.6 Å². The van der Waals surface area contributed by atoms with E-state index < -0.39 is 0 Å². The Morgan fingerprint density at radius 1 is 1.11 bits per heavy atom. The van der Waals surface area contributed by atoms with Crippen LogP contribution in [0.4, 0.5) is 0 Å². The first-order valence-corrected chi connectivity index (χ1v) is 9.64. The van der Waals surface area contributed by atoms with Crippen LogP contribution in [0.1, 0.15) is 32.3 Å². The maximum absolute atomic E-state index is 5.85. The molecule has 27 heavy (non-hydrogen) atoms. The predicted octanol–water partition coefficient (Wildman–Crippen LogP) is 3.74. The highest BCUT2D eigenvalue weighted by Crippen LogP contribution is 2.27. The third kappa shape index (κ3) is 6.47. The molecule has 1 aromatic heterocycles. The van der Waals surface area contributed by atoms with Gasteiger partial charge in [0, 0.05) is 25.4 Å². The summed E-state index contributed by atoms with van der Waals surface area (Å²) < 4.78 is 11.3. The SMILES string of the molecule is CCNC(=NCc1ccnc(Oc2ccc(OCC)cc2)c1)NCC1CC1. The van der Waals surface area contributed by atoms with Crippen LogP contribution in [0.25, 0.3) is 0 Å². The summed E-state index contributed by atoms with van der Waals surface area (Å²) in [5.41, 5.74) is 1.05. The molecule has 1 aliphatic carbocycles. The molecule has 144 valence electrons. The number of pyridine rings is 1. The van der Waals surface area contributed by atoms with Crippen LogP contribution in [0.5, 0.6) is 17.4 Å². The zero-order valence-electron chi connectivity index (χ0n) is 16.1. The Labute approximate surface area is 161 Å². The minimum Gasteiger partial charge on any atom is -0.494 e. The fourth-order valence-corrected chi connectivity index (χ4v) is 2.57. The van der Waals surface area contributed by atoms with Crippen molar-refractivity contribution in [3.8, 4) is 17.4 Å². The van der Waals surface area contributed by atoms with E-state index in [1.165, 1.54) is 12.8 Å². The van der Waals surface area contributed by atoms with Gasteiger partial charge in [-0.2, -0.15) is 0 Å². The summed E-state index contributed by atoms with van der Waals surface area (Å²) in [5.74, 6) is 3.78. The summed E-state index contributed by atoms with van der Waals surface area (Å²) in [6.45, 7) is 7.10. The zero-order chi connectivity index (χ0) is 18.9. The van der Waals surface area contributed by atoms with Crippen molar-refractivity contribution in [1.29, 1.82) is 0 Å². The fourth-order valence-electron chi connectivity index (χ4n) is 2.57. The van der Waals surface area contributed by atoms with Gasteiger partial charge in [-0.1, -0.05) is 0 Å². The lowest BCUT2D eigenvalue weighted by Crippen LogP contribution is -2.38. The van der Waals surface area contributed by atoms with Gasteiger partial charge in [0.05, 0.1) is 13.2 Å². The standard InChI is InChI=1S/C21H28N4O2/c1-3-22-21(24-14-16-5-6-16)25-15-17-11-12-23-20(13-17)27-19-9-7-18(8-10-19)26-4-2/h7-13,16H,3-6,14-15H2,1-2H3,(H2,22,24,25). The Morgan fingerprint density at radius 3 is 2.59 bits per heavy atom. The van der Waals surface area contributed by atoms with Crippen LogP contribution in [0.15, 0.2) is 47.6 Å². The van der Waals surface area contributed by atoms with Crippen molar-refractivity contribution >= 4 is 5.96 Å². The fraction of sp³-hybridized carbons (Fsp3) is 0.429. The van der Waals surface area contributed by atoms with E-state index in [2.05, 4.69) is 27.5 Å². The maximum atomic E-state index is 5.85. The lowest BCUT2D eigenvalue weighted by Gasteiger charge is -2.11. The van der Waals surface area contributed by atoms with Crippen LogP contribution in [-0.4, -0.2) is 30.6 Å². The van der Waals surface area contributed by atoms with Gasteiger partial charge in [0.2, 0.25) is 5.88 Å². The molecule has 1 aromatic carbocycles. The molecule has 0 saturated heterocycles. The molecule has 6 heteroatoms. The lowest BCUT2D eigenvalue weighted by molar-refractivity contribution is 0.339. The summed E-state index contributed by atoms with van der Waals surface area (Å²) in [4.78, 5) is 8.95. The zero-order valence-corrected chi connectivity index (χ0v) is 16.1. The molecule has 1 fully saturated rings. The number of benzene rings is 1. The van der Waals surface area contributed by atoms with E-state index >= 15 is 0 Å². The Hall–Kier alpha value is -2.76. The highest BCUT2D eigenvalue weighted by Gasteiger charge is 2.21. The summed E-state index contributed by atoms with van der Waals surface area (Å²) >= 11 is 0. The number of ether oxygens (including phenoxy) is 2. The van der Waals surface area contributed by atoms with Gasteiger partial charge in [-0.15, -0.1) is 0 Å². The predicted molar refractivity (Wildman–Crippen MR) is 107 cm³/mol. The van der Waals surface area contributed by atoms with E-state index in [0.29, 0.717) is 19.0 Å². The molecule has 3 rings (SSSR count). The van der Waals surface area contributed by atoms with Gasteiger partial charge < -0.3 is 20.1 Å². The monoisotopic (exact) mass is 368 g/mol. The average molecular weight is 368 g/mol. The van der Waals surface area contributed by atoms with Gasteiger partial charge in [-0.25, -0.2) is 9.98 Å². The first-order valence-electron chi connectivity index (χ1n) is 9.64. The number of aliphatic imine (C=N–C) groups is 1. The van der Waals surface area contributed by atoms with E-state index in [4.69, 9.17) is 9.47 Å². The first-order chi connectivity index (χ1) is 13.3. The van der Waals surface area contributed by atoms with E-state index in [9.17, 15) is 0 Å². The molecule has 0 unspecified atom stereocenters. The molecule has 6 nitrogen and oxygen atoms in total. The van der Waals surface area contributed by atoms with Crippen molar-refractivity contribution in [3.63, 3.8) is 0 Å². The molecule has 1 saturated carbocycles. The number of hydrogen-bond donors (Lipinski definition) is 2. The third-order valence-electron chi connectivity index (χ3n) is 4.18. The number of nitrogens with one attached hydrogen (secondary N) is 2. The van der Waals surface area contributed by atoms with Gasteiger partial charge in [0.15, 0.2) is 5.96 Å². The second-order valence-electron chi connectivity index (χ2n) is 6.53. The van der Waals surface area contributed by atoms with Crippen LogP contribution in [0.2, 0.25) is 0 Å². The molecule has 0 radical (unpaired) electrons. The van der Waals surface area contributed by atoms with Crippen LogP contribution < -0.4 is 20.1 Å². The summed E-state index contributed by atoms with van der Waals surface area (Å²) in [6, 6.07) is 11.4. The second-order valence-corrected chi connectivity index (χ2v) is 6.53. The molecule has 1 aliphatic rings. The first kappa shape index (κ1) is 19.0. The normalized spacial score (nSPS) is 13.9. The molecule has 0 amide bonds. The van der Waals surface area contributed by atoms with Gasteiger partial charge in [0.1, 0.15) is 11.5 Å². The molecular formula is C21H28N4O2. The van der Waals surface area contributed by atoms with Gasteiger partial charge in [0.25, 0.3) is 0 Å². The maximum Gasteiger partial charge on any atom is 0.219 e. The van der Waals surface area contributed by atoms with Crippen LogP contribution in [0, 0.1) is 5.92 Å². The quantitative estimate of drug-likeness (QED) is 0.521. The Morgan fingerprint density at radius 2 is 1.89 bits per heavy atom. The van der Waals surface area contributed by atoms with Gasteiger partial charge >= 0.3 is 0 Å². The van der Waals surface area contributed by atoms with Gasteiger partial charge in [-0.05, 0) is 68.5 Å². The summed E-state index contributed by atoms with van der Waals surface area (Å²) in [6.07, 6.45) is 4.39. The summed E-state index contributed by atoms with van der Waals surface area (Å²) in [7, 11) is 0. The second kappa shape index (κ2) is 9.80. The van der Waals surface area contributed by atoms with E-state index in [1.807, 2.05) is 43.3 Å². The molecule has 0 atom stereocenters. The molecule has 0 bridgehead atoms. The molecular weight excluding hydrogens is 340 g/mol. The number of rotatable bonds is 9. The third-order valence-corrected chi connectivity index (χ3v) is 4.18. The minimum absolute atomic E-state index is 0.558. The number of guanidine groups is 1. The van der Waals surface area contributed by atoms with Crippen LogP contribution in [-0.2, 0) is 6.54 Å². The van der Waals surface area contributed by atoms with E-state index in [-0.39, 0.29) is 0 Å². The topological polar surface area (TPSA) is 67.8 Å². The highest BCUT2D eigenvalue weighted by molar-refractivity contribution is 5.79. The lowest BCUT2D eigenvalue weighted by atomic mass is 10.2. The smallest absolute Gasteiger partial charge is 0.219 e. The largest absolute Gasteiger partial charge is 0.494 e. The Balaban J connectivity index is 1.59. The van der Waals surface area contributed by atoms with Crippen molar-refractivity contribution in [2.45, 2.75) is 33.2 Å². The van der Waals surface area contributed by atoms with E-state index in [0.717, 1.165) is 42.0 Å². The highest BCUT2D eigenvalue weighted by atomic mass is 16.5. The van der Waals surface area contributed by atoms with Crippen molar-refractivity contribution < 1.29 is 9.47 Å². The van der Waals surface area contributed by atoms with Gasteiger partial charge in [-0.3, -0.25) is 0 Å². The number of nitrogens with zero attached hydrogens (tertiary/aromatic N) is 2. The molecule has 0 aliphatic heterocycles. The number of aromatic nitrogens is 1. The molecule has 2 N–H and O–H groups in total. The Kier molecular flexibility index (Phi) is 6.90. The van der Waals surface area contributed by atoms with Crippen LogP contribution >= 0.6 is 0 Å². The average Bonchev–Trinajstić information content (AvgIpc) is 3.51. The summed E-state index contributed by atoms with van der Waals surface area (Å²) in [5, 5.41) is 6.69. The van der Waals surface area contributed by atoms with Crippen molar-refractivity contribution in [3.05, 3.63) is 48.2 Å². The Bertz CT molecular complexity index is 742. The number of hydrogen-bond acceptors (Lipinski definition) is 4. The van der Waals surface area contributed by atoms with Crippen molar-refractivity contribution in [2.24, 2.45) is 10.9 Å². The molecule has 1 heterocycles. The van der Waals surface area contributed by atoms with Crippen LogP contribution in [0.3, 0.4) is 0 Å². The molecule has 2 aromatic rings. The minimum atomic E-state index is 0.558. The van der Waals surface area contributed by atoms with E-state index in [1.54, 1.807) is 6.20 Å². The molecule has 0 spiro atoms. The van der Waals surface area contributed by atoms with Crippen molar-refractivity contribution in [2.75, 3.05) is 19.7 Å².